The Labute approximate surface area is 246 Å². The SMILES string of the molecule is Cc1ccc(N(C)c2cccc(CC3CCN(Cc4nc5ccc(C(=O)O)cc5n4CC4CCO4)CC3)c2)c(Cl)c1. The Morgan fingerprint density at radius 2 is 1.90 bits per heavy atom. The molecule has 6 rings (SSSR count). The normalized spacial score (nSPS) is 18.0. The number of aromatic carboxylic acids is 1. The topological polar surface area (TPSA) is 70.8 Å². The lowest BCUT2D eigenvalue weighted by Crippen LogP contribution is -2.36. The summed E-state index contributed by atoms with van der Waals surface area (Å²) >= 11 is 6.55. The molecule has 8 heteroatoms. The molecule has 1 aromatic heterocycles. The molecule has 7 nitrogen and oxygen atoms in total. The van der Waals surface area contributed by atoms with Gasteiger partial charge in [-0.1, -0.05) is 29.8 Å². The number of imidazole rings is 1. The number of carbonyl (C=O) groups is 1. The monoisotopic (exact) mass is 572 g/mol. The van der Waals surface area contributed by atoms with Crippen LogP contribution in [-0.2, 0) is 24.2 Å². The number of benzene rings is 3. The highest BCUT2D eigenvalue weighted by molar-refractivity contribution is 6.33. The standard InChI is InChI=1S/C33H37ClN4O3/c1-22-6-9-30(28(34)16-22)36(2)26-5-3-4-24(18-26)17-23-10-13-37(14-11-23)21-32-35-29-8-7-25(33(39)40)19-31(29)38(32)20-27-12-15-41-27/h3-9,16,18-19,23,27H,10-15,17,20-21H2,1-2H3,(H,39,40). The molecule has 0 amide bonds. The minimum Gasteiger partial charge on any atom is -0.478 e. The second-order valence-electron chi connectivity index (χ2n) is 11.5. The largest absolute Gasteiger partial charge is 0.478 e. The third-order valence-electron chi connectivity index (χ3n) is 8.61. The van der Waals surface area contributed by atoms with Crippen LogP contribution in [0.4, 0.5) is 11.4 Å². The van der Waals surface area contributed by atoms with Crippen molar-refractivity contribution in [2.24, 2.45) is 5.92 Å². The van der Waals surface area contributed by atoms with Crippen molar-refractivity contribution in [1.29, 1.82) is 0 Å². The highest BCUT2D eigenvalue weighted by atomic mass is 35.5. The van der Waals surface area contributed by atoms with Gasteiger partial charge in [0.05, 0.1) is 46.5 Å². The first-order chi connectivity index (χ1) is 19.8. The van der Waals surface area contributed by atoms with Gasteiger partial charge in [0.2, 0.25) is 0 Å². The molecule has 3 aromatic carbocycles. The number of aryl methyl sites for hydroxylation is 1. The Morgan fingerprint density at radius 3 is 2.61 bits per heavy atom. The molecule has 2 fully saturated rings. The maximum Gasteiger partial charge on any atom is 0.335 e. The molecule has 4 aromatic rings. The molecule has 0 radical (unpaired) electrons. The molecular formula is C33H37ClN4O3. The number of likely N-dealkylation sites (tertiary alicyclic amines) is 1. The van der Waals surface area contributed by atoms with E-state index in [-0.39, 0.29) is 11.7 Å². The lowest BCUT2D eigenvalue weighted by atomic mass is 9.90. The summed E-state index contributed by atoms with van der Waals surface area (Å²) < 4.78 is 7.90. The maximum atomic E-state index is 11.6. The molecule has 1 atom stereocenters. The lowest BCUT2D eigenvalue weighted by molar-refractivity contribution is -0.0592. The van der Waals surface area contributed by atoms with Crippen molar-refractivity contribution in [2.45, 2.75) is 51.8 Å². The van der Waals surface area contributed by atoms with Crippen molar-refractivity contribution in [3.8, 4) is 0 Å². The third-order valence-corrected chi connectivity index (χ3v) is 8.92. The minimum absolute atomic E-state index is 0.169. The fraction of sp³-hybridized carbons (Fsp3) is 0.394. The van der Waals surface area contributed by atoms with E-state index in [1.54, 1.807) is 12.1 Å². The van der Waals surface area contributed by atoms with Gasteiger partial charge in [-0.3, -0.25) is 4.90 Å². The van der Waals surface area contributed by atoms with Crippen molar-refractivity contribution in [2.75, 3.05) is 31.6 Å². The summed E-state index contributed by atoms with van der Waals surface area (Å²) in [6, 6.07) is 20.2. The third kappa shape index (κ3) is 6.13. The van der Waals surface area contributed by atoms with Gasteiger partial charge in [0.1, 0.15) is 5.82 Å². The lowest BCUT2D eigenvalue weighted by Gasteiger charge is -2.32. The number of nitrogens with zero attached hydrogens (tertiary/aromatic N) is 4. The number of hydrogen-bond donors (Lipinski definition) is 1. The molecule has 0 bridgehead atoms. The Balaban J connectivity index is 1.10. The van der Waals surface area contributed by atoms with Gasteiger partial charge >= 0.3 is 5.97 Å². The summed E-state index contributed by atoms with van der Waals surface area (Å²) in [6.45, 7) is 6.36. The van der Waals surface area contributed by atoms with Gasteiger partial charge in [0.15, 0.2) is 0 Å². The average Bonchev–Trinajstić information content (AvgIpc) is 3.27. The van der Waals surface area contributed by atoms with Gasteiger partial charge in [0.25, 0.3) is 0 Å². The molecule has 0 spiro atoms. The predicted octanol–water partition coefficient (Wildman–Crippen LogP) is 6.71. The molecule has 2 aliphatic rings. The Hall–Kier alpha value is -3.39. The van der Waals surface area contributed by atoms with Crippen LogP contribution in [0.5, 0.6) is 0 Å². The molecule has 2 saturated heterocycles. The number of aromatic nitrogens is 2. The van der Waals surface area contributed by atoms with E-state index in [9.17, 15) is 9.90 Å². The second-order valence-corrected chi connectivity index (χ2v) is 11.9. The average molecular weight is 573 g/mol. The van der Waals surface area contributed by atoms with E-state index in [1.807, 2.05) is 12.1 Å². The Kier molecular flexibility index (Phi) is 8.02. The number of anilines is 2. The van der Waals surface area contributed by atoms with E-state index in [0.29, 0.717) is 12.5 Å². The van der Waals surface area contributed by atoms with Gasteiger partial charge in [-0.2, -0.15) is 0 Å². The van der Waals surface area contributed by atoms with E-state index in [4.69, 9.17) is 21.3 Å². The molecule has 0 aliphatic carbocycles. The van der Waals surface area contributed by atoms with E-state index in [0.717, 1.165) is 90.7 Å². The van der Waals surface area contributed by atoms with Crippen LogP contribution in [0, 0.1) is 12.8 Å². The zero-order valence-electron chi connectivity index (χ0n) is 23.7. The molecule has 1 N–H and O–H groups in total. The summed E-state index contributed by atoms with van der Waals surface area (Å²) in [5.74, 6) is 0.705. The number of hydrogen-bond acceptors (Lipinski definition) is 5. The van der Waals surface area contributed by atoms with Crippen molar-refractivity contribution >= 4 is 40.0 Å². The van der Waals surface area contributed by atoms with Gasteiger partial charge in [-0.15, -0.1) is 0 Å². The molecule has 214 valence electrons. The quantitative estimate of drug-likeness (QED) is 0.240. The van der Waals surface area contributed by atoms with Crippen LogP contribution < -0.4 is 4.90 Å². The number of piperidine rings is 1. The number of fused-ring (bicyclic) bond motifs is 1. The van der Waals surface area contributed by atoms with Crippen molar-refractivity contribution in [3.05, 3.63) is 88.2 Å². The molecule has 0 saturated carbocycles. The van der Waals surface area contributed by atoms with Crippen LogP contribution in [0.1, 0.15) is 46.6 Å². The first kappa shape index (κ1) is 27.8. The van der Waals surface area contributed by atoms with Crippen LogP contribution in [0.15, 0.2) is 60.7 Å². The highest BCUT2D eigenvalue weighted by Gasteiger charge is 2.25. The van der Waals surface area contributed by atoms with Crippen LogP contribution in [-0.4, -0.2) is 58.4 Å². The van der Waals surface area contributed by atoms with E-state index >= 15 is 0 Å². The first-order valence-corrected chi connectivity index (χ1v) is 14.9. The van der Waals surface area contributed by atoms with Gasteiger partial charge in [-0.25, -0.2) is 9.78 Å². The molecule has 1 unspecified atom stereocenters. The Bertz CT molecular complexity index is 1560. The fourth-order valence-electron chi connectivity index (χ4n) is 6.06. The number of ether oxygens (including phenoxy) is 1. The molecule has 2 aliphatic heterocycles. The molecule has 3 heterocycles. The predicted molar refractivity (Wildman–Crippen MR) is 163 cm³/mol. The van der Waals surface area contributed by atoms with Gasteiger partial charge in [-0.05, 0) is 105 Å². The second kappa shape index (κ2) is 11.8. The van der Waals surface area contributed by atoms with Crippen LogP contribution >= 0.6 is 11.6 Å². The molecule has 41 heavy (non-hydrogen) atoms. The smallest absolute Gasteiger partial charge is 0.335 e. The van der Waals surface area contributed by atoms with Crippen molar-refractivity contribution in [1.82, 2.24) is 14.5 Å². The summed E-state index contributed by atoms with van der Waals surface area (Å²) in [6.07, 6.45) is 4.53. The van der Waals surface area contributed by atoms with E-state index in [1.165, 1.54) is 5.56 Å². The summed E-state index contributed by atoms with van der Waals surface area (Å²) in [7, 11) is 2.07. The molecular weight excluding hydrogens is 536 g/mol. The van der Waals surface area contributed by atoms with Gasteiger partial charge < -0.3 is 19.3 Å². The van der Waals surface area contributed by atoms with Crippen LogP contribution in [0.25, 0.3) is 11.0 Å². The van der Waals surface area contributed by atoms with Crippen molar-refractivity contribution < 1.29 is 14.6 Å². The van der Waals surface area contributed by atoms with E-state index in [2.05, 4.69) is 64.7 Å². The van der Waals surface area contributed by atoms with Crippen LogP contribution in [0.2, 0.25) is 5.02 Å². The number of carboxylic acid groups (broad SMARTS) is 1. The Morgan fingerprint density at radius 1 is 1.10 bits per heavy atom. The summed E-state index contributed by atoms with van der Waals surface area (Å²) in [4.78, 5) is 21.2. The number of halogens is 1. The summed E-state index contributed by atoms with van der Waals surface area (Å²) in [5, 5.41) is 10.3. The number of rotatable bonds is 9. The highest BCUT2D eigenvalue weighted by Crippen LogP contribution is 2.33. The van der Waals surface area contributed by atoms with Crippen LogP contribution in [0.3, 0.4) is 0 Å². The summed E-state index contributed by atoms with van der Waals surface area (Å²) in [5.41, 5.74) is 6.68. The zero-order valence-corrected chi connectivity index (χ0v) is 24.5. The maximum absolute atomic E-state index is 11.6. The van der Waals surface area contributed by atoms with Crippen molar-refractivity contribution in [3.63, 3.8) is 0 Å². The number of carboxylic acids is 1. The van der Waals surface area contributed by atoms with Gasteiger partial charge in [0, 0.05) is 19.3 Å². The zero-order chi connectivity index (χ0) is 28.5. The first-order valence-electron chi connectivity index (χ1n) is 14.5. The fourth-order valence-corrected chi connectivity index (χ4v) is 6.42. The minimum atomic E-state index is -0.917. The van der Waals surface area contributed by atoms with E-state index < -0.39 is 5.97 Å².